The molecule has 3 heterocycles. The van der Waals surface area contributed by atoms with Crippen molar-refractivity contribution < 1.29 is 4.79 Å². The highest BCUT2D eigenvalue weighted by atomic mass is 32.1. The Bertz CT molecular complexity index is 957. The van der Waals surface area contributed by atoms with Gasteiger partial charge in [0.25, 0.3) is 0 Å². The van der Waals surface area contributed by atoms with Gasteiger partial charge in [-0.2, -0.15) is 0 Å². The summed E-state index contributed by atoms with van der Waals surface area (Å²) >= 11 is 1.66. The third-order valence-electron chi connectivity index (χ3n) is 5.72. The van der Waals surface area contributed by atoms with Gasteiger partial charge in [-0.25, -0.2) is 9.97 Å². The second-order valence-electron chi connectivity index (χ2n) is 8.04. The molecule has 0 atom stereocenters. The van der Waals surface area contributed by atoms with Gasteiger partial charge in [0.05, 0.1) is 11.4 Å². The van der Waals surface area contributed by atoms with Gasteiger partial charge in [0.15, 0.2) is 5.13 Å². The van der Waals surface area contributed by atoms with Gasteiger partial charge in [0, 0.05) is 51.7 Å². The van der Waals surface area contributed by atoms with E-state index >= 15 is 0 Å². The van der Waals surface area contributed by atoms with Crippen molar-refractivity contribution in [3.8, 4) is 0 Å². The Kier molecular flexibility index (Phi) is 8.55. The topological polar surface area (TPSA) is 64.6 Å². The van der Waals surface area contributed by atoms with E-state index in [0.29, 0.717) is 12.4 Å². The Hall–Kier alpha value is -2.55. The van der Waals surface area contributed by atoms with Crippen molar-refractivity contribution in [1.82, 2.24) is 19.8 Å². The van der Waals surface area contributed by atoms with Crippen LogP contribution >= 0.6 is 11.3 Å². The summed E-state index contributed by atoms with van der Waals surface area (Å²) in [7, 11) is 2.11. The highest BCUT2D eigenvalue weighted by Crippen LogP contribution is 2.30. The van der Waals surface area contributed by atoms with E-state index in [1.54, 1.807) is 17.5 Å². The summed E-state index contributed by atoms with van der Waals surface area (Å²) in [5.74, 6) is 0.536. The van der Waals surface area contributed by atoms with Crippen LogP contribution in [0, 0.1) is 6.92 Å². The molecule has 1 aliphatic rings. The van der Waals surface area contributed by atoms with Crippen molar-refractivity contribution >= 4 is 39.8 Å². The van der Waals surface area contributed by atoms with E-state index in [1.807, 2.05) is 25.3 Å². The van der Waals surface area contributed by atoms with Crippen LogP contribution < -0.4 is 10.2 Å². The quantitative estimate of drug-likeness (QED) is 0.584. The number of thiazole rings is 1. The molecule has 1 N–H and O–H groups in total. The van der Waals surface area contributed by atoms with Crippen LogP contribution in [0.25, 0.3) is 11.6 Å². The second kappa shape index (κ2) is 11.4. The lowest BCUT2D eigenvalue weighted by Gasteiger charge is -2.31. The molecule has 2 aromatic heterocycles. The SMILES string of the molecule is C=C/C(=C\c1cc(NC(=O)CN2CCN(C)CC2)ncc1C)c1cnc(N(CC)CC)s1. The van der Waals surface area contributed by atoms with Crippen LogP contribution in [-0.4, -0.2) is 78.5 Å². The average Bonchev–Trinajstić information content (AvgIpc) is 3.26. The molecule has 8 heteroatoms. The second-order valence-corrected chi connectivity index (χ2v) is 9.05. The van der Waals surface area contributed by atoms with E-state index in [4.69, 9.17) is 0 Å². The summed E-state index contributed by atoms with van der Waals surface area (Å²) < 4.78 is 0. The molecule has 0 spiro atoms. The van der Waals surface area contributed by atoms with Gasteiger partial charge in [-0.05, 0) is 56.7 Å². The van der Waals surface area contributed by atoms with Gasteiger partial charge in [-0.3, -0.25) is 9.69 Å². The highest BCUT2D eigenvalue weighted by molar-refractivity contribution is 7.16. The molecule has 0 aromatic carbocycles. The number of allylic oxidation sites excluding steroid dienone is 2. The van der Waals surface area contributed by atoms with Crippen LogP contribution in [0.3, 0.4) is 0 Å². The molecule has 1 fully saturated rings. The number of aryl methyl sites for hydroxylation is 1. The number of aromatic nitrogens is 2. The summed E-state index contributed by atoms with van der Waals surface area (Å²) in [4.78, 5) is 29.3. The van der Waals surface area contributed by atoms with Crippen LogP contribution in [-0.2, 0) is 4.79 Å². The minimum absolute atomic E-state index is 0.0314. The molecule has 2 aromatic rings. The minimum Gasteiger partial charge on any atom is -0.349 e. The van der Waals surface area contributed by atoms with Gasteiger partial charge in [-0.1, -0.05) is 24.0 Å². The lowest BCUT2D eigenvalue weighted by molar-refractivity contribution is -0.117. The maximum absolute atomic E-state index is 12.5. The number of hydrogen-bond donors (Lipinski definition) is 1. The lowest BCUT2D eigenvalue weighted by atomic mass is 10.1. The summed E-state index contributed by atoms with van der Waals surface area (Å²) in [5.41, 5.74) is 3.04. The molecule has 0 unspecified atom stereocenters. The molecule has 0 aliphatic carbocycles. The van der Waals surface area contributed by atoms with Gasteiger partial charge in [0.1, 0.15) is 5.82 Å². The first-order chi connectivity index (χ1) is 15.4. The standard InChI is InChI=1S/C24H34N6OS/c1-6-19(21-16-26-24(32-21)30(7-2)8-3)13-20-14-22(25-15-18(20)4)27-23(31)17-29-11-9-28(5)10-12-29/h6,13-16H,1,7-12,17H2,2-5H3,(H,25,27,31)/b19-13+. The Morgan fingerprint density at radius 3 is 2.59 bits per heavy atom. The normalized spacial score (nSPS) is 15.6. The number of amides is 1. The fourth-order valence-electron chi connectivity index (χ4n) is 3.59. The number of carbonyl (C=O) groups excluding carboxylic acids is 1. The summed E-state index contributed by atoms with van der Waals surface area (Å²) in [6.07, 6.45) is 7.64. The van der Waals surface area contributed by atoms with Gasteiger partial charge in [0.2, 0.25) is 5.91 Å². The summed E-state index contributed by atoms with van der Waals surface area (Å²) in [5, 5.41) is 3.97. The number of hydrogen-bond acceptors (Lipinski definition) is 7. The minimum atomic E-state index is -0.0314. The maximum Gasteiger partial charge on any atom is 0.239 e. The first-order valence-corrected chi connectivity index (χ1v) is 12.0. The van der Waals surface area contributed by atoms with E-state index in [0.717, 1.165) is 66.0 Å². The zero-order chi connectivity index (χ0) is 23.1. The summed E-state index contributed by atoms with van der Waals surface area (Å²) in [6, 6.07) is 1.92. The van der Waals surface area contributed by atoms with E-state index in [9.17, 15) is 4.79 Å². The number of carbonyl (C=O) groups is 1. The van der Waals surface area contributed by atoms with Crippen LogP contribution in [0.2, 0.25) is 0 Å². The molecule has 0 saturated carbocycles. The zero-order valence-electron chi connectivity index (χ0n) is 19.6. The number of pyridine rings is 1. The van der Waals surface area contributed by atoms with Crippen LogP contribution in [0.5, 0.6) is 0 Å². The molecule has 7 nitrogen and oxygen atoms in total. The Morgan fingerprint density at radius 2 is 1.94 bits per heavy atom. The first-order valence-electron chi connectivity index (χ1n) is 11.2. The molecular weight excluding hydrogens is 420 g/mol. The maximum atomic E-state index is 12.5. The average molecular weight is 455 g/mol. The predicted molar refractivity (Wildman–Crippen MR) is 135 cm³/mol. The fraction of sp³-hybridized carbons (Fsp3) is 0.458. The molecule has 172 valence electrons. The molecule has 3 rings (SSSR count). The van der Waals surface area contributed by atoms with Crippen LogP contribution in [0.4, 0.5) is 10.9 Å². The van der Waals surface area contributed by atoms with Crippen molar-refractivity contribution in [2.45, 2.75) is 20.8 Å². The van der Waals surface area contributed by atoms with E-state index in [1.165, 1.54) is 0 Å². The van der Waals surface area contributed by atoms with Gasteiger partial charge >= 0.3 is 0 Å². The molecule has 0 radical (unpaired) electrons. The van der Waals surface area contributed by atoms with E-state index in [2.05, 4.69) is 63.5 Å². The number of piperazine rings is 1. The smallest absolute Gasteiger partial charge is 0.239 e. The first kappa shape index (κ1) is 24.1. The van der Waals surface area contributed by atoms with Gasteiger partial charge in [-0.15, -0.1) is 0 Å². The number of likely N-dealkylation sites (N-methyl/N-ethyl adjacent to an activating group) is 1. The summed E-state index contributed by atoms with van der Waals surface area (Å²) in [6.45, 7) is 16.3. The molecule has 1 aliphatic heterocycles. The van der Waals surface area contributed by atoms with Crippen LogP contribution in [0.15, 0.2) is 31.1 Å². The van der Waals surface area contributed by atoms with Crippen LogP contribution in [0.1, 0.15) is 29.9 Å². The van der Waals surface area contributed by atoms with Crippen molar-refractivity contribution in [3.05, 3.63) is 47.1 Å². The van der Waals surface area contributed by atoms with Crippen molar-refractivity contribution in [2.75, 3.05) is 63.1 Å². The number of rotatable bonds is 9. The van der Waals surface area contributed by atoms with E-state index in [-0.39, 0.29) is 5.91 Å². The molecule has 1 amide bonds. The largest absolute Gasteiger partial charge is 0.349 e. The van der Waals surface area contributed by atoms with Crippen molar-refractivity contribution in [3.63, 3.8) is 0 Å². The van der Waals surface area contributed by atoms with E-state index < -0.39 is 0 Å². The van der Waals surface area contributed by atoms with Crippen molar-refractivity contribution in [2.24, 2.45) is 0 Å². The predicted octanol–water partition coefficient (Wildman–Crippen LogP) is 3.61. The van der Waals surface area contributed by atoms with Crippen molar-refractivity contribution in [1.29, 1.82) is 0 Å². The molecule has 0 bridgehead atoms. The Balaban J connectivity index is 1.73. The van der Waals surface area contributed by atoms with Gasteiger partial charge < -0.3 is 15.1 Å². The lowest BCUT2D eigenvalue weighted by Crippen LogP contribution is -2.47. The number of anilines is 2. The third kappa shape index (κ3) is 6.25. The Morgan fingerprint density at radius 1 is 1.22 bits per heavy atom. The third-order valence-corrected chi connectivity index (χ3v) is 6.83. The highest BCUT2D eigenvalue weighted by Gasteiger charge is 2.17. The Labute approximate surface area is 195 Å². The number of nitrogens with zero attached hydrogens (tertiary/aromatic N) is 5. The monoisotopic (exact) mass is 454 g/mol. The zero-order valence-corrected chi connectivity index (χ0v) is 20.4. The number of nitrogens with one attached hydrogen (secondary N) is 1. The fourth-order valence-corrected chi connectivity index (χ4v) is 4.65. The molecular formula is C24H34N6OS. The molecule has 32 heavy (non-hydrogen) atoms. The molecule has 1 saturated heterocycles.